The topological polar surface area (TPSA) is 64.4 Å². The number of nitrogens with zero attached hydrogens (tertiary/aromatic N) is 3. The molecule has 1 aromatic heterocycles. The van der Waals surface area contributed by atoms with Gasteiger partial charge < -0.3 is 9.64 Å². The van der Waals surface area contributed by atoms with Crippen molar-refractivity contribution in [3.05, 3.63) is 94.8 Å². The largest absolute Gasteiger partial charge is 0.452 e. The van der Waals surface area contributed by atoms with Crippen molar-refractivity contribution in [2.24, 2.45) is 0 Å². The van der Waals surface area contributed by atoms with Crippen molar-refractivity contribution >= 4 is 18.0 Å². The Labute approximate surface area is 182 Å². The van der Waals surface area contributed by atoms with Gasteiger partial charge in [0.1, 0.15) is 0 Å². The van der Waals surface area contributed by atoms with Crippen LogP contribution >= 0.6 is 0 Å². The molecule has 0 N–H and O–H groups in total. The van der Waals surface area contributed by atoms with E-state index in [2.05, 4.69) is 11.2 Å². The maximum atomic E-state index is 12.3. The van der Waals surface area contributed by atoms with Gasteiger partial charge in [-0.2, -0.15) is 5.10 Å². The van der Waals surface area contributed by atoms with Crippen LogP contribution in [0.25, 0.3) is 6.08 Å². The molecule has 0 saturated carbocycles. The summed E-state index contributed by atoms with van der Waals surface area (Å²) < 4.78 is 6.89. The fourth-order valence-corrected chi connectivity index (χ4v) is 3.14. The molecule has 0 aliphatic heterocycles. The molecule has 0 atom stereocenters. The van der Waals surface area contributed by atoms with Crippen molar-refractivity contribution in [2.75, 3.05) is 13.7 Å². The van der Waals surface area contributed by atoms with Crippen molar-refractivity contribution < 1.29 is 14.3 Å². The number of esters is 1. The number of carbonyl (C=O) groups is 2. The molecule has 6 heteroatoms. The highest BCUT2D eigenvalue weighted by Gasteiger charge is 2.12. The third kappa shape index (κ3) is 6.67. The third-order valence-electron chi connectivity index (χ3n) is 4.92. The summed E-state index contributed by atoms with van der Waals surface area (Å²) in [6.45, 7) is 4.89. The van der Waals surface area contributed by atoms with Crippen LogP contribution in [0, 0.1) is 13.8 Å². The van der Waals surface area contributed by atoms with Crippen LogP contribution in [0.5, 0.6) is 0 Å². The maximum absolute atomic E-state index is 12.3. The number of aryl methyl sites for hydroxylation is 2. The molecule has 0 radical (unpaired) electrons. The van der Waals surface area contributed by atoms with Gasteiger partial charge in [-0.05, 0) is 36.6 Å². The average Bonchev–Trinajstić information content (AvgIpc) is 3.20. The van der Waals surface area contributed by atoms with Gasteiger partial charge in [-0.3, -0.25) is 9.48 Å². The standard InChI is InChI=1S/C25H27N3O3/c1-19-9-11-23(20(2)13-19)17-27(3)24(29)18-31-25(30)12-10-22-14-26-28(16-22)15-21-7-5-4-6-8-21/h4-14,16H,15,17-18H2,1-3H3/b12-10+. The molecule has 0 aliphatic carbocycles. The fourth-order valence-electron chi connectivity index (χ4n) is 3.14. The van der Waals surface area contributed by atoms with E-state index in [9.17, 15) is 9.59 Å². The minimum atomic E-state index is -0.566. The summed E-state index contributed by atoms with van der Waals surface area (Å²) in [5.41, 5.74) is 5.31. The average molecular weight is 418 g/mol. The lowest BCUT2D eigenvalue weighted by molar-refractivity contribution is -0.147. The van der Waals surface area contributed by atoms with Crippen LogP contribution in [0.15, 0.2) is 67.0 Å². The molecular formula is C25H27N3O3. The number of hydrogen-bond acceptors (Lipinski definition) is 4. The van der Waals surface area contributed by atoms with Crippen LogP contribution in [-0.2, 0) is 27.4 Å². The predicted molar refractivity (Wildman–Crippen MR) is 120 cm³/mol. The van der Waals surface area contributed by atoms with Gasteiger partial charge in [0, 0.05) is 31.4 Å². The van der Waals surface area contributed by atoms with Gasteiger partial charge in [0.05, 0.1) is 12.7 Å². The van der Waals surface area contributed by atoms with E-state index in [0.717, 1.165) is 22.3 Å². The Morgan fingerprint density at radius 3 is 2.65 bits per heavy atom. The number of hydrogen-bond donors (Lipinski definition) is 0. The molecule has 3 aromatic rings. The highest BCUT2D eigenvalue weighted by atomic mass is 16.5. The number of likely N-dealkylation sites (N-methyl/N-ethyl adjacent to an activating group) is 1. The van der Waals surface area contributed by atoms with Crippen LogP contribution in [-0.4, -0.2) is 40.2 Å². The van der Waals surface area contributed by atoms with E-state index in [0.29, 0.717) is 13.1 Å². The Morgan fingerprint density at radius 1 is 1.13 bits per heavy atom. The molecule has 0 aliphatic rings. The van der Waals surface area contributed by atoms with E-state index >= 15 is 0 Å². The molecule has 0 saturated heterocycles. The van der Waals surface area contributed by atoms with Gasteiger partial charge in [0.15, 0.2) is 6.61 Å². The van der Waals surface area contributed by atoms with Crippen molar-refractivity contribution in [2.45, 2.75) is 26.9 Å². The summed E-state index contributed by atoms with van der Waals surface area (Å²) in [6.07, 6.45) is 6.46. The van der Waals surface area contributed by atoms with E-state index in [4.69, 9.17) is 4.74 Å². The Morgan fingerprint density at radius 2 is 1.90 bits per heavy atom. The van der Waals surface area contributed by atoms with Gasteiger partial charge in [0.25, 0.3) is 5.91 Å². The second kappa shape index (κ2) is 10.4. The van der Waals surface area contributed by atoms with Crippen LogP contribution < -0.4 is 0 Å². The number of rotatable bonds is 8. The Balaban J connectivity index is 1.46. The van der Waals surface area contributed by atoms with Crippen molar-refractivity contribution in [1.82, 2.24) is 14.7 Å². The molecule has 0 unspecified atom stereocenters. The summed E-state index contributed by atoms with van der Waals surface area (Å²) in [5, 5.41) is 4.29. The Kier molecular flexibility index (Phi) is 7.38. The second-order valence-electron chi connectivity index (χ2n) is 7.58. The van der Waals surface area contributed by atoms with Gasteiger partial charge in [0.2, 0.25) is 0 Å². The van der Waals surface area contributed by atoms with Gasteiger partial charge in [-0.1, -0.05) is 54.1 Å². The number of ether oxygens (including phenoxy) is 1. The first-order valence-corrected chi connectivity index (χ1v) is 10.1. The lowest BCUT2D eigenvalue weighted by atomic mass is 10.1. The molecule has 6 nitrogen and oxygen atoms in total. The Hall–Kier alpha value is -3.67. The normalized spacial score (nSPS) is 10.9. The summed E-state index contributed by atoms with van der Waals surface area (Å²) in [7, 11) is 1.70. The van der Waals surface area contributed by atoms with Crippen LogP contribution in [0.4, 0.5) is 0 Å². The summed E-state index contributed by atoms with van der Waals surface area (Å²) in [6, 6.07) is 16.1. The van der Waals surface area contributed by atoms with E-state index < -0.39 is 5.97 Å². The number of benzene rings is 2. The van der Waals surface area contributed by atoms with Crippen molar-refractivity contribution in [3.8, 4) is 0 Å². The van der Waals surface area contributed by atoms with E-state index in [1.54, 1.807) is 28.9 Å². The van der Waals surface area contributed by atoms with Gasteiger partial charge in [-0.15, -0.1) is 0 Å². The van der Waals surface area contributed by atoms with Crippen LogP contribution in [0.1, 0.15) is 27.8 Å². The summed E-state index contributed by atoms with van der Waals surface area (Å²) in [4.78, 5) is 25.8. The van der Waals surface area contributed by atoms with E-state index in [-0.39, 0.29) is 12.5 Å². The van der Waals surface area contributed by atoms with Gasteiger partial charge in [-0.25, -0.2) is 4.79 Å². The van der Waals surface area contributed by atoms with Crippen LogP contribution in [0.3, 0.4) is 0 Å². The number of amides is 1. The molecule has 31 heavy (non-hydrogen) atoms. The maximum Gasteiger partial charge on any atom is 0.331 e. The fraction of sp³-hybridized carbons (Fsp3) is 0.240. The molecule has 1 heterocycles. The molecule has 3 rings (SSSR count). The monoisotopic (exact) mass is 417 g/mol. The highest BCUT2D eigenvalue weighted by molar-refractivity contribution is 5.89. The zero-order chi connectivity index (χ0) is 22.2. The number of carbonyl (C=O) groups excluding carboxylic acids is 2. The molecule has 0 spiro atoms. The summed E-state index contributed by atoms with van der Waals surface area (Å²) >= 11 is 0. The lowest BCUT2D eigenvalue weighted by Crippen LogP contribution is -2.30. The molecule has 2 aromatic carbocycles. The minimum absolute atomic E-state index is 0.252. The highest BCUT2D eigenvalue weighted by Crippen LogP contribution is 2.12. The third-order valence-corrected chi connectivity index (χ3v) is 4.92. The predicted octanol–water partition coefficient (Wildman–Crippen LogP) is 3.76. The lowest BCUT2D eigenvalue weighted by Gasteiger charge is -2.18. The molecule has 1 amide bonds. The number of aromatic nitrogens is 2. The second-order valence-corrected chi connectivity index (χ2v) is 7.58. The quantitative estimate of drug-likeness (QED) is 0.414. The Bertz CT molecular complexity index is 1070. The molecule has 160 valence electrons. The van der Waals surface area contributed by atoms with E-state index in [1.165, 1.54) is 11.6 Å². The van der Waals surface area contributed by atoms with E-state index in [1.807, 2.05) is 62.5 Å². The molecule has 0 bridgehead atoms. The minimum Gasteiger partial charge on any atom is -0.452 e. The zero-order valence-electron chi connectivity index (χ0n) is 18.1. The summed E-state index contributed by atoms with van der Waals surface area (Å²) in [5.74, 6) is -0.818. The smallest absolute Gasteiger partial charge is 0.331 e. The first-order valence-electron chi connectivity index (χ1n) is 10.1. The van der Waals surface area contributed by atoms with Crippen molar-refractivity contribution in [1.29, 1.82) is 0 Å². The zero-order valence-corrected chi connectivity index (χ0v) is 18.1. The molecular weight excluding hydrogens is 390 g/mol. The SMILES string of the molecule is Cc1ccc(CN(C)C(=O)COC(=O)/C=C/c2cnn(Cc3ccccc3)c2)c(C)c1. The first-order chi connectivity index (χ1) is 14.9. The molecule has 0 fully saturated rings. The van der Waals surface area contributed by atoms with Crippen molar-refractivity contribution in [3.63, 3.8) is 0 Å². The van der Waals surface area contributed by atoms with Gasteiger partial charge >= 0.3 is 5.97 Å². The first kappa shape index (κ1) is 22.0. The van der Waals surface area contributed by atoms with Crippen LogP contribution in [0.2, 0.25) is 0 Å².